The SMILES string of the molecule is NC(=O)c1ccc(NC(=O)COC(=O)CCNC(=O)C23CC4CC(CC(C4)C2)C3)cc1. The number of ether oxygens (including phenoxy) is 1. The van der Waals surface area contributed by atoms with E-state index in [1.165, 1.54) is 31.4 Å². The van der Waals surface area contributed by atoms with Gasteiger partial charge in [0.05, 0.1) is 6.42 Å². The molecule has 8 nitrogen and oxygen atoms in total. The molecule has 4 N–H and O–H groups in total. The van der Waals surface area contributed by atoms with Gasteiger partial charge in [0.2, 0.25) is 11.8 Å². The third kappa shape index (κ3) is 4.89. The van der Waals surface area contributed by atoms with Gasteiger partial charge < -0.3 is 21.1 Å². The molecule has 4 bridgehead atoms. The van der Waals surface area contributed by atoms with Gasteiger partial charge in [-0.15, -0.1) is 0 Å². The third-order valence-electron chi connectivity index (χ3n) is 6.95. The fraction of sp³-hybridized carbons (Fsp3) is 0.565. The van der Waals surface area contributed by atoms with Crippen molar-refractivity contribution in [1.29, 1.82) is 0 Å². The molecule has 31 heavy (non-hydrogen) atoms. The molecule has 4 saturated carbocycles. The summed E-state index contributed by atoms with van der Waals surface area (Å²) in [6.07, 6.45) is 6.79. The summed E-state index contributed by atoms with van der Waals surface area (Å²) in [4.78, 5) is 47.8. The molecule has 4 fully saturated rings. The topological polar surface area (TPSA) is 128 Å². The molecule has 1 aromatic carbocycles. The van der Waals surface area contributed by atoms with Crippen molar-refractivity contribution in [3.63, 3.8) is 0 Å². The molecule has 0 spiro atoms. The van der Waals surface area contributed by atoms with Gasteiger partial charge in [0.15, 0.2) is 6.61 Å². The lowest BCUT2D eigenvalue weighted by Crippen LogP contribution is -2.53. The van der Waals surface area contributed by atoms with Crippen LogP contribution in [-0.4, -0.2) is 36.8 Å². The zero-order chi connectivity index (χ0) is 22.0. The second kappa shape index (κ2) is 8.69. The lowest BCUT2D eigenvalue weighted by Gasteiger charge is -2.55. The summed E-state index contributed by atoms with van der Waals surface area (Å²) in [6.45, 7) is -0.199. The van der Waals surface area contributed by atoms with Crippen molar-refractivity contribution in [2.45, 2.75) is 44.9 Å². The minimum absolute atomic E-state index is 0.0265. The van der Waals surface area contributed by atoms with Gasteiger partial charge in [-0.25, -0.2) is 0 Å². The number of primary amides is 1. The average Bonchev–Trinajstić information content (AvgIpc) is 2.71. The quantitative estimate of drug-likeness (QED) is 0.547. The molecule has 1 aromatic rings. The van der Waals surface area contributed by atoms with Crippen molar-refractivity contribution in [1.82, 2.24) is 5.32 Å². The van der Waals surface area contributed by atoms with E-state index in [4.69, 9.17) is 10.5 Å². The first-order chi connectivity index (χ1) is 14.8. The van der Waals surface area contributed by atoms with Crippen LogP contribution < -0.4 is 16.4 Å². The van der Waals surface area contributed by atoms with Crippen molar-refractivity contribution < 1.29 is 23.9 Å². The van der Waals surface area contributed by atoms with Crippen molar-refractivity contribution >= 4 is 29.4 Å². The van der Waals surface area contributed by atoms with Crippen LogP contribution in [0, 0.1) is 23.2 Å². The Morgan fingerprint density at radius 2 is 1.55 bits per heavy atom. The molecular formula is C23H29N3O5. The highest BCUT2D eigenvalue weighted by Gasteiger charge is 2.54. The molecule has 3 amide bonds. The summed E-state index contributed by atoms with van der Waals surface area (Å²) >= 11 is 0. The van der Waals surface area contributed by atoms with Gasteiger partial charge in [-0.3, -0.25) is 19.2 Å². The van der Waals surface area contributed by atoms with Gasteiger partial charge in [-0.2, -0.15) is 0 Å². The predicted octanol–water partition coefficient (Wildman–Crippen LogP) is 1.99. The number of hydrogen-bond acceptors (Lipinski definition) is 5. The first kappa shape index (κ1) is 21.3. The van der Waals surface area contributed by atoms with Crippen LogP contribution in [0.25, 0.3) is 0 Å². The number of benzene rings is 1. The second-order valence-corrected chi connectivity index (χ2v) is 9.35. The fourth-order valence-corrected chi connectivity index (χ4v) is 5.99. The van der Waals surface area contributed by atoms with Gasteiger partial charge in [0.1, 0.15) is 0 Å². The molecule has 0 aliphatic heterocycles. The smallest absolute Gasteiger partial charge is 0.308 e. The maximum atomic E-state index is 12.9. The summed E-state index contributed by atoms with van der Waals surface area (Å²) < 4.78 is 4.99. The van der Waals surface area contributed by atoms with E-state index in [-0.39, 0.29) is 24.3 Å². The fourth-order valence-electron chi connectivity index (χ4n) is 5.99. The number of rotatable bonds is 8. The van der Waals surface area contributed by atoms with E-state index in [1.54, 1.807) is 12.1 Å². The number of nitrogens with one attached hydrogen (secondary N) is 2. The van der Waals surface area contributed by atoms with Gasteiger partial charge in [0.25, 0.3) is 5.91 Å². The van der Waals surface area contributed by atoms with E-state index in [1.807, 2.05) is 0 Å². The second-order valence-electron chi connectivity index (χ2n) is 9.35. The summed E-state index contributed by atoms with van der Waals surface area (Å²) in [7, 11) is 0. The van der Waals surface area contributed by atoms with E-state index in [9.17, 15) is 19.2 Å². The number of hydrogen-bond donors (Lipinski definition) is 3. The molecule has 5 rings (SSSR count). The molecule has 4 aliphatic carbocycles. The Labute approximate surface area is 181 Å². The molecule has 8 heteroatoms. The normalized spacial score (nSPS) is 28.1. The van der Waals surface area contributed by atoms with Crippen LogP contribution in [-0.2, 0) is 19.1 Å². The Bertz CT molecular complexity index is 844. The lowest BCUT2D eigenvalue weighted by molar-refractivity contribution is -0.148. The van der Waals surface area contributed by atoms with E-state index in [2.05, 4.69) is 10.6 Å². The maximum Gasteiger partial charge on any atom is 0.308 e. The number of anilines is 1. The van der Waals surface area contributed by atoms with E-state index in [0.717, 1.165) is 19.3 Å². The molecule has 0 saturated heterocycles. The number of esters is 1. The largest absolute Gasteiger partial charge is 0.456 e. The Hall–Kier alpha value is -2.90. The zero-order valence-corrected chi connectivity index (χ0v) is 17.5. The molecule has 0 unspecified atom stereocenters. The molecular weight excluding hydrogens is 398 g/mol. The first-order valence-corrected chi connectivity index (χ1v) is 11.0. The van der Waals surface area contributed by atoms with Crippen LogP contribution >= 0.6 is 0 Å². The van der Waals surface area contributed by atoms with Crippen LogP contribution in [0.2, 0.25) is 0 Å². The van der Waals surface area contributed by atoms with Crippen molar-refractivity contribution in [3.05, 3.63) is 29.8 Å². The number of carbonyl (C=O) groups is 4. The molecule has 4 aliphatic rings. The van der Waals surface area contributed by atoms with Crippen LogP contribution in [0.5, 0.6) is 0 Å². The minimum atomic E-state index is -0.554. The monoisotopic (exact) mass is 427 g/mol. The Balaban J connectivity index is 1.16. The Kier molecular flexibility index (Phi) is 5.98. The zero-order valence-electron chi connectivity index (χ0n) is 17.5. The van der Waals surface area contributed by atoms with E-state index >= 15 is 0 Å². The summed E-state index contributed by atoms with van der Waals surface area (Å²) in [5, 5.41) is 5.51. The van der Waals surface area contributed by atoms with Crippen LogP contribution in [0.3, 0.4) is 0 Å². The van der Waals surface area contributed by atoms with E-state index < -0.39 is 24.4 Å². The van der Waals surface area contributed by atoms with Crippen LogP contribution in [0.15, 0.2) is 24.3 Å². The molecule has 0 heterocycles. The van der Waals surface area contributed by atoms with Crippen LogP contribution in [0.4, 0.5) is 5.69 Å². The van der Waals surface area contributed by atoms with E-state index in [0.29, 0.717) is 29.0 Å². The molecule has 0 radical (unpaired) electrons. The Morgan fingerprint density at radius 1 is 0.968 bits per heavy atom. The predicted molar refractivity (Wildman–Crippen MR) is 113 cm³/mol. The lowest BCUT2D eigenvalue weighted by atomic mass is 9.49. The average molecular weight is 428 g/mol. The highest BCUT2D eigenvalue weighted by molar-refractivity contribution is 5.95. The number of carbonyl (C=O) groups excluding carboxylic acids is 4. The van der Waals surface area contributed by atoms with Crippen molar-refractivity contribution in [2.24, 2.45) is 28.9 Å². The van der Waals surface area contributed by atoms with Gasteiger partial charge >= 0.3 is 5.97 Å². The van der Waals surface area contributed by atoms with Gasteiger partial charge in [-0.05, 0) is 80.5 Å². The molecule has 166 valence electrons. The number of nitrogens with two attached hydrogens (primary N) is 1. The first-order valence-electron chi connectivity index (χ1n) is 11.0. The maximum absolute atomic E-state index is 12.9. The molecule has 0 atom stereocenters. The van der Waals surface area contributed by atoms with Crippen molar-refractivity contribution in [2.75, 3.05) is 18.5 Å². The van der Waals surface area contributed by atoms with Crippen LogP contribution in [0.1, 0.15) is 55.3 Å². The Morgan fingerprint density at radius 3 is 2.10 bits per heavy atom. The van der Waals surface area contributed by atoms with Crippen molar-refractivity contribution in [3.8, 4) is 0 Å². The summed E-state index contributed by atoms with van der Waals surface area (Å²) in [5.74, 6) is 0.564. The highest BCUT2D eigenvalue weighted by atomic mass is 16.5. The number of amides is 3. The minimum Gasteiger partial charge on any atom is -0.456 e. The van der Waals surface area contributed by atoms with Gasteiger partial charge in [-0.1, -0.05) is 0 Å². The highest BCUT2D eigenvalue weighted by Crippen LogP contribution is 2.60. The molecule has 0 aromatic heterocycles. The van der Waals surface area contributed by atoms with Gasteiger partial charge in [0, 0.05) is 23.2 Å². The summed E-state index contributed by atoms with van der Waals surface area (Å²) in [5.41, 5.74) is 5.74. The standard InChI is InChI=1S/C23H29N3O5/c24-21(29)17-1-3-18(4-2-17)26-19(27)13-31-20(28)5-6-25-22(30)23-10-14-7-15(11-23)9-16(8-14)12-23/h1-4,14-16H,5-13H2,(H2,24,29)(H,25,30)(H,26,27). The summed E-state index contributed by atoms with van der Waals surface area (Å²) in [6, 6.07) is 6.08. The third-order valence-corrected chi connectivity index (χ3v) is 6.95.